The summed E-state index contributed by atoms with van der Waals surface area (Å²) < 4.78 is 4.69. The predicted octanol–water partition coefficient (Wildman–Crippen LogP) is 2.51. The highest BCUT2D eigenvalue weighted by molar-refractivity contribution is 6.21. The van der Waals surface area contributed by atoms with Gasteiger partial charge < -0.3 is 4.74 Å². The van der Waals surface area contributed by atoms with E-state index in [1.54, 1.807) is 13.0 Å². The van der Waals surface area contributed by atoms with Gasteiger partial charge in [0, 0.05) is 6.08 Å². The Morgan fingerprint density at radius 3 is 2.75 bits per heavy atom. The van der Waals surface area contributed by atoms with Crippen molar-refractivity contribution in [2.45, 2.75) is 32.1 Å². The third-order valence-electron chi connectivity index (χ3n) is 1.29. The first-order chi connectivity index (χ1) is 5.70. The van der Waals surface area contributed by atoms with Crippen molar-refractivity contribution in [3.63, 3.8) is 0 Å². The van der Waals surface area contributed by atoms with Crippen LogP contribution < -0.4 is 0 Å². The molecule has 0 aromatic rings. The Labute approximate surface area is 78.5 Å². The fourth-order valence-electron chi connectivity index (χ4n) is 0.745. The lowest BCUT2D eigenvalue weighted by Crippen LogP contribution is -2.01. The second-order valence-corrected chi connectivity index (χ2v) is 2.98. The van der Waals surface area contributed by atoms with Crippen LogP contribution in [0.2, 0.25) is 0 Å². The number of esters is 1. The molecule has 0 radical (unpaired) electrons. The standard InChI is InChI=1S/C9H15ClO2/c1-3-5-8(10)6-7-9(11)12-4-2/h6-8H,3-5H2,1-2H3/b7-6+. The maximum absolute atomic E-state index is 10.8. The Morgan fingerprint density at radius 2 is 2.25 bits per heavy atom. The number of hydrogen-bond acceptors (Lipinski definition) is 2. The van der Waals surface area contributed by atoms with E-state index in [1.165, 1.54) is 6.08 Å². The number of halogens is 1. The van der Waals surface area contributed by atoms with Gasteiger partial charge in [0.1, 0.15) is 0 Å². The lowest BCUT2D eigenvalue weighted by molar-refractivity contribution is -0.137. The highest BCUT2D eigenvalue weighted by atomic mass is 35.5. The smallest absolute Gasteiger partial charge is 0.330 e. The summed E-state index contributed by atoms with van der Waals surface area (Å²) in [7, 11) is 0. The minimum absolute atomic E-state index is 0.0561. The molecule has 0 spiro atoms. The van der Waals surface area contributed by atoms with Gasteiger partial charge in [-0.1, -0.05) is 19.4 Å². The van der Waals surface area contributed by atoms with Crippen LogP contribution in [0.25, 0.3) is 0 Å². The van der Waals surface area contributed by atoms with Gasteiger partial charge in [0.15, 0.2) is 0 Å². The van der Waals surface area contributed by atoms with E-state index in [9.17, 15) is 4.79 Å². The van der Waals surface area contributed by atoms with Crippen molar-refractivity contribution in [1.82, 2.24) is 0 Å². The fraction of sp³-hybridized carbons (Fsp3) is 0.667. The molecule has 0 aromatic carbocycles. The van der Waals surface area contributed by atoms with E-state index in [0.29, 0.717) is 6.61 Å². The van der Waals surface area contributed by atoms with Gasteiger partial charge in [-0.05, 0) is 13.3 Å². The van der Waals surface area contributed by atoms with Gasteiger partial charge in [0.2, 0.25) is 0 Å². The van der Waals surface area contributed by atoms with Crippen LogP contribution in [0.5, 0.6) is 0 Å². The van der Waals surface area contributed by atoms with Gasteiger partial charge in [-0.2, -0.15) is 0 Å². The van der Waals surface area contributed by atoms with Gasteiger partial charge in [0.05, 0.1) is 12.0 Å². The van der Waals surface area contributed by atoms with Crippen molar-refractivity contribution < 1.29 is 9.53 Å². The number of carbonyl (C=O) groups is 1. The van der Waals surface area contributed by atoms with E-state index in [-0.39, 0.29) is 11.3 Å². The molecule has 70 valence electrons. The third-order valence-corrected chi connectivity index (χ3v) is 1.66. The van der Waals surface area contributed by atoms with Crippen molar-refractivity contribution in [3.05, 3.63) is 12.2 Å². The number of alkyl halides is 1. The topological polar surface area (TPSA) is 26.3 Å². The van der Waals surface area contributed by atoms with Crippen molar-refractivity contribution in [2.24, 2.45) is 0 Å². The quantitative estimate of drug-likeness (QED) is 0.378. The minimum atomic E-state index is -0.320. The molecule has 0 saturated heterocycles. The Morgan fingerprint density at radius 1 is 1.58 bits per heavy atom. The maximum atomic E-state index is 10.8. The number of rotatable bonds is 5. The highest BCUT2D eigenvalue weighted by Gasteiger charge is 1.99. The zero-order chi connectivity index (χ0) is 9.40. The zero-order valence-electron chi connectivity index (χ0n) is 7.55. The lowest BCUT2D eigenvalue weighted by Gasteiger charge is -1.99. The molecule has 12 heavy (non-hydrogen) atoms. The van der Waals surface area contributed by atoms with Gasteiger partial charge >= 0.3 is 5.97 Å². The molecule has 0 fully saturated rings. The molecule has 0 amide bonds. The van der Waals surface area contributed by atoms with Crippen LogP contribution in [0.1, 0.15) is 26.7 Å². The summed E-state index contributed by atoms with van der Waals surface area (Å²) in [6.45, 7) is 4.23. The van der Waals surface area contributed by atoms with Crippen LogP contribution >= 0.6 is 11.6 Å². The van der Waals surface area contributed by atoms with Crippen molar-refractivity contribution >= 4 is 17.6 Å². The van der Waals surface area contributed by atoms with Crippen LogP contribution in [0.4, 0.5) is 0 Å². The Kier molecular flexibility index (Phi) is 6.87. The zero-order valence-corrected chi connectivity index (χ0v) is 8.30. The van der Waals surface area contributed by atoms with Crippen molar-refractivity contribution in [3.8, 4) is 0 Å². The van der Waals surface area contributed by atoms with E-state index >= 15 is 0 Å². The number of ether oxygens (including phenoxy) is 1. The molecule has 0 rings (SSSR count). The summed E-state index contributed by atoms with van der Waals surface area (Å²) in [5.74, 6) is -0.320. The molecule has 2 nitrogen and oxygen atoms in total. The number of carbonyl (C=O) groups excluding carboxylic acids is 1. The molecule has 0 aliphatic heterocycles. The third kappa shape index (κ3) is 6.23. The Hall–Kier alpha value is -0.500. The first-order valence-electron chi connectivity index (χ1n) is 4.19. The highest BCUT2D eigenvalue weighted by Crippen LogP contribution is 2.06. The van der Waals surface area contributed by atoms with Crippen LogP contribution in [0.15, 0.2) is 12.2 Å². The van der Waals surface area contributed by atoms with E-state index in [2.05, 4.69) is 4.74 Å². The van der Waals surface area contributed by atoms with Gasteiger partial charge in [-0.25, -0.2) is 4.79 Å². The molecular weight excluding hydrogens is 176 g/mol. The molecule has 0 bridgehead atoms. The molecule has 0 saturated carbocycles. The van der Waals surface area contributed by atoms with Crippen molar-refractivity contribution in [2.75, 3.05) is 6.61 Å². The van der Waals surface area contributed by atoms with Gasteiger partial charge in [-0.15, -0.1) is 11.6 Å². The summed E-state index contributed by atoms with van der Waals surface area (Å²) in [6, 6.07) is 0. The second-order valence-electron chi connectivity index (χ2n) is 2.42. The van der Waals surface area contributed by atoms with Gasteiger partial charge in [0.25, 0.3) is 0 Å². The van der Waals surface area contributed by atoms with E-state index in [4.69, 9.17) is 11.6 Å². The van der Waals surface area contributed by atoms with Gasteiger partial charge in [-0.3, -0.25) is 0 Å². The molecule has 0 aromatic heterocycles. The van der Waals surface area contributed by atoms with Crippen LogP contribution in [-0.2, 0) is 9.53 Å². The molecule has 0 heterocycles. The maximum Gasteiger partial charge on any atom is 0.330 e. The van der Waals surface area contributed by atoms with Crippen LogP contribution in [-0.4, -0.2) is 18.0 Å². The van der Waals surface area contributed by atoms with Crippen LogP contribution in [0, 0.1) is 0 Å². The minimum Gasteiger partial charge on any atom is -0.463 e. The van der Waals surface area contributed by atoms with E-state index in [1.807, 2.05) is 6.92 Å². The first-order valence-corrected chi connectivity index (χ1v) is 4.63. The number of hydrogen-bond donors (Lipinski definition) is 0. The lowest BCUT2D eigenvalue weighted by atomic mass is 10.2. The average Bonchev–Trinajstić information content (AvgIpc) is 2.02. The largest absolute Gasteiger partial charge is 0.463 e. The van der Waals surface area contributed by atoms with E-state index in [0.717, 1.165) is 12.8 Å². The fourth-order valence-corrected chi connectivity index (χ4v) is 1.04. The molecule has 3 heteroatoms. The average molecular weight is 191 g/mol. The predicted molar refractivity (Wildman–Crippen MR) is 50.3 cm³/mol. The summed E-state index contributed by atoms with van der Waals surface area (Å²) in [5.41, 5.74) is 0. The SMILES string of the molecule is CCCC(Cl)/C=C/C(=O)OCC. The first kappa shape index (κ1) is 11.5. The molecule has 0 aliphatic rings. The van der Waals surface area contributed by atoms with E-state index < -0.39 is 0 Å². The molecule has 1 unspecified atom stereocenters. The molecular formula is C9H15ClO2. The summed E-state index contributed by atoms with van der Waals surface area (Å²) >= 11 is 5.83. The van der Waals surface area contributed by atoms with Crippen LogP contribution in [0.3, 0.4) is 0 Å². The monoisotopic (exact) mass is 190 g/mol. The molecule has 0 N–H and O–H groups in total. The normalized spacial score (nSPS) is 13.2. The van der Waals surface area contributed by atoms with Crippen molar-refractivity contribution in [1.29, 1.82) is 0 Å². The summed E-state index contributed by atoms with van der Waals surface area (Å²) in [6.07, 6.45) is 4.96. The number of allylic oxidation sites excluding steroid dienone is 1. The summed E-state index contributed by atoms with van der Waals surface area (Å²) in [5, 5.41) is -0.0561. The Balaban J connectivity index is 3.65. The molecule has 0 aliphatic carbocycles. The Bertz CT molecular complexity index is 155. The second kappa shape index (κ2) is 7.17. The summed E-state index contributed by atoms with van der Waals surface area (Å²) in [4.78, 5) is 10.8. The molecule has 1 atom stereocenters.